The Bertz CT molecular complexity index is 1480. The summed E-state index contributed by atoms with van der Waals surface area (Å²) in [7, 11) is 0. The third-order valence-electron chi connectivity index (χ3n) is 5.26. The molecule has 0 spiro atoms. The first-order valence-corrected chi connectivity index (χ1v) is 10.3. The number of rotatable bonds is 5. The molecule has 170 valence electrons. The molecule has 0 radical (unpaired) electrons. The first kappa shape index (κ1) is 21.4. The van der Waals surface area contributed by atoms with Crippen LogP contribution < -0.4 is 10.1 Å². The van der Waals surface area contributed by atoms with Gasteiger partial charge in [0.2, 0.25) is 11.8 Å². The number of carbonyl (C=O) groups is 1. The van der Waals surface area contributed by atoms with Gasteiger partial charge in [-0.3, -0.25) is 4.79 Å². The number of para-hydroxylation sites is 1. The summed E-state index contributed by atoms with van der Waals surface area (Å²) >= 11 is 0. The number of hydrogen-bond donors (Lipinski definition) is 2. The summed E-state index contributed by atoms with van der Waals surface area (Å²) in [5.74, 6) is 0.581. The van der Waals surface area contributed by atoms with Crippen LogP contribution in [0.3, 0.4) is 0 Å². The van der Waals surface area contributed by atoms with E-state index in [1.165, 1.54) is 18.5 Å². The van der Waals surface area contributed by atoms with Gasteiger partial charge in [-0.1, -0.05) is 30.3 Å². The number of aromatic amines is 1. The van der Waals surface area contributed by atoms with Gasteiger partial charge < -0.3 is 15.0 Å². The second-order valence-electron chi connectivity index (χ2n) is 7.62. The van der Waals surface area contributed by atoms with Crippen LogP contribution in [-0.4, -0.2) is 20.9 Å². The van der Waals surface area contributed by atoms with Gasteiger partial charge in [-0.05, 0) is 48.0 Å². The predicted octanol–water partition coefficient (Wildman–Crippen LogP) is 6.10. The molecule has 9 heteroatoms. The molecule has 0 unspecified atom stereocenters. The predicted molar refractivity (Wildman–Crippen MR) is 122 cm³/mol. The van der Waals surface area contributed by atoms with E-state index in [4.69, 9.17) is 4.74 Å². The summed E-state index contributed by atoms with van der Waals surface area (Å²) in [5, 5.41) is 4.44. The maximum Gasteiger partial charge on any atom is 0.416 e. The lowest BCUT2D eigenvalue weighted by atomic mass is 10.1. The number of aromatic nitrogens is 3. The van der Waals surface area contributed by atoms with E-state index in [0.717, 1.165) is 28.4 Å². The molecule has 2 N–H and O–H groups in total. The molecule has 5 rings (SSSR count). The van der Waals surface area contributed by atoms with Gasteiger partial charge in [0.25, 0.3) is 0 Å². The van der Waals surface area contributed by atoms with Crippen molar-refractivity contribution in [2.24, 2.45) is 0 Å². The fraction of sp³-hybridized carbons (Fsp3) is 0.0800. The molecule has 0 aliphatic carbocycles. The van der Waals surface area contributed by atoms with Crippen molar-refractivity contribution >= 4 is 33.5 Å². The van der Waals surface area contributed by atoms with E-state index in [-0.39, 0.29) is 12.3 Å². The second kappa shape index (κ2) is 8.51. The summed E-state index contributed by atoms with van der Waals surface area (Å²) < 4.78 is 44.0. The summed E-state index contributed by atoms with van der Waals surface area (Å²) in [5.41, 5.74) is 1.86. The molecule has 0 saturated carbocycles. The molecule has 0 atom stereocenters. The van der Waals surface area contributed by atoms with E-state index >= 15 is 0 Å². The van der Waals surface area contributed by atoms with Gasteiger partial charge in [-0.15, -0.1) is 0 Å². The smallest absolute Gasteiger partial charge is 0.416 e. The fourth-order valence-electron chi connectivity index (χ4n) is 3.64. The van der Waals surface area contributed by atoms with Gasteiger partial charge in [-0.25, -0.2) is 9.97 Å². The zero-order chi connectivity index (χ0) is 23.7. The van der Waals surface area contributed by atoms with Crippen LogP contribution in [0.4, 0.5) is 18.9 Å². The van der Waals surface area contributed by atoms with Crippen LogP contribution in [0.15, 0.2) is 79.1 Å². The van der Waals surface area contributed by atoms with Crippen LogP contribution in [-0.2, 0) is 17.4 Å². The van der Waals surface area contributed by atoms with E-state index in [2.05, 4.69) is 20.3 Å². The van der Waals surface area contributed by atoms with Gasteiger partial charge in [0, 0.05) is 16.6 Å². The Kier molecular flexibility index (Phi) is 5.37. The molecule has 0 saturated heterocycles. The first-order valence-electron chi connectivity index (χ1n) is 10.3. The Balaban J connectivity index is 1.27. The number of nitrogens with zero attached hydrogens (tertiary/aromatic N) is 2. The summed E-state index contributed by atoms with van der Waals surface area (Å²) in [6, 6.07) is 19.0. The Morgan fingerprint density at radius 2 is 1.68 bits per heavy atom. The zero-order valence-electron chi connectivity index (χ0n) is 17.6. The molecular formula is C25H17F3N4O2. The molecule has 6 nitrogen and oxygen atoms in total. The van der Waals surface area contributed by atoms with Crippen molar-refractivity contribution in [3.8, 4) is 11.6 Å². The number of benzene rings is 3. The van der Waals surface area contributed by atoms with E-state index < -0.39 is 11.7 Å². The van der Waals surface area contributed by atoms with E-state index in [1.807, 2.05) is 24.3 Å². The molecule has 34 heavy (non-hydrogen) atoms. The topological polar surface area (TPSA) is 79.9 Å². The maximum atomic E-state index is 12.7. The van der Waals surface area contributed by atoms with Gasteiger partial charge in [0.05, 0.1) is 17.4 Å². The van der Waals surface area contributed by atoms with Gasteiger partial charge in [-0.2, -0.15) is 13.2 Å². The van der Waals surface area contributed by atoms with E-state index in [9.17, 15) is 18.0 Å². The van der Waals surface area contributed by atoms with Gasteiger partial charge in [0.1, 0.15) is 17.7 Å². The molecule has 3 aromatic carbocycles. The van der Waals surface area contributed by atoms with Gasteiger partial charge >= 0.3 is 6.18 Å². The SMILES string of the molecule is O=C(Cc1ccc(C(F)(F)F)cc1)Nc1ccc(Oc2ncnc3[nH]c4ccccc4c23)cc1. The minimum atomic E-state index is -4.41. The van der Waals surface area contributed by atoms with Crippen LogP contribution in [0, 0.1) is 0 Å². The van der Waals surface area contributed by atoms with Crippen LogP contribution >= 0.6 is 0 Å². The monoisotopic (exact) mass is 462 g/mol. The molecule has 0 aliphatic heterocycles. The maximum absolute atomic E-state index is 12.7. The highest BCUT2D eigenvalue weighted by Gasteiger charge is 2.30. The largest absolute Gasteiger partial charge is 0.438 e. The number of fused-ring (bicyclic) bond motifs is 3. The second-order valence-corrected chi connectivity index (χ2v) is 7.62. The molecule has 2 aromatic heterocycles. The highest BCUT2D eigenvalue weighted by molar-refractivity contribution is 6.08. The number of anilines is 1. The van der Waals surface area contributed by atoms with Crippen molar-refractivity contribution in [2.45, 2.75) is 12.6 Å². The standard InChI is InChI=1S/C25H17F3N4O2/c26-25(27,28)16-7-5-15(6-8-16)13-21(33)31-17-9-11-18(12-10-17)34-24-22-19-3-1-2-4-20(19)32-23(22)29-14-30-24/h1-12,14H,13H2,(H,31,33)(H,29,30,32). The van der Waals surface area contributed by atoms with Crippen molar-refractivity contribution in [1.82, 2.24) is 15.0 Å². The lowest BCUT2D eigenvalue weighted by Crippen LogP contribution is -2.14. The Labute approximate surface area is 191 Å². The number of carbonyl (C=O) groups excluding carboxylic acids is 1. The Morgan fingerprint density at radius 3 is 2.41 bits per heavy atom. The number of H-pyrrole nitrogens is 1. The normalized spacial score (nSPS) is 11.6. The number of amides is 1. The summed E-state index contributed by atoms with van der Waals surface area (Å²) in [6.07, 6.45) is -3.03. The highest BCUT2D eigenvalue weighted by Crippen LogP contribution is 2.33. The van der Waals surface area contributed by atoms with Gasteiger partial charge in [0.15, 0.2) is 0 Å². The van der Waals surface area contributed by atoms with Crippen molar-refractivity contribution in [1.29, 1.82) is 0 Å². The van der Waals surface area contributed by atoms with E-state index in [0.29, 0.717) is 28.5 Å². The van der Waals surface area contributed by atoms with Crippen molar-refractivity contribution in [3.05, 3.63) is 90.3 Å². The molecule has 1 amide bonds. The molecular weight excluding hydrogens is 445 g/mol. The third kappa shape index (κ3) is 4.40. The number of ether oxygens (including phenoxy) is 1. The van der Waals surface area contributed by atoms with Crippen LogP contribution in [0.1, 0.15) is 11.1 Å². The molecule has 0 aliphatic rings. The summed E-state index contributed by atoms with van der Waals surface area (Å²) in [6.45, 7) is 0. The number of alkyl halides is 3. The lowest BCUT2D eigenvalue weighted by Gasteiger charge is -2.09. The third-order valence-corrected chi connectivity index (χ3v) is 5.26. The number of halogens is 3. The number of hydrogen-bond acceptors (Lipinski definition) is 4. The first-order chi connectivity index (χ1) is 16.4. The van der Waals surface area contributed by atoms with E-state index in [1.54, 1.807) is 24.3 Å². The van der Waals surface area contributed by atoms with Crippen LogP contribution in [0.25, 0.3) is 21.9 Å². The molecule has 0 fully saturated rings. The fourth-order valence-corrected chi connectivity index (χ4v) is 3.64. The van der Waals surface area contributed by atoms with Crippen molar-refractivity contribution < 1.29 is 22.7 Å². The minimum absolute atomic E-state index is 0.0458. The number of nitrogens with one attached hydrogen (secondary N) is 2. The Morgan fingerprint density at radius 1 is 0.941 bits per heavy atom. The Hall–Kier alpha value is -4.40. The quantitative estimate of drug-likeness (QED) is 0.331. The van der Waals surface area contributed by atoms with Crippen LogP contribution in [0.5, 0.6) is 11.6 Å². The zero-order valence-corrected chi connectivity index (χ0v) is 17.6. The van der Waals surface area contributed by atoms with Crippen molar-refractivity contribution in [2.75, 3.05) is 5.32 Å². The average Bonchev–Trinajstić information content (AvgIpc) is 3.20. The van der Waals surface area contributed by atoms with Crippen molar-refractivity contribution in [3.63, 3.8) is 0 Å². The lowest BCUT2D eigenvalue weighted by molar-refractivity contribution is -0.137. The molecule has 2 heterocycles. The van der Waals surface area contributed by atoms with Crippen LogP contribution in [0.2, 0.25) is 0 Å². The average molecular weight is 462 g/mol. The molecule has 0 bridgehead atoms. The highest BCUT2D eigenvalue weighted by atomic mass is 19.4. The minimum Gasteiger partial charge on any atom is -0.438 e. The molecule has 5 aromatic rings. The summed E-state index contributed by atoms with van der Waals surface area (Å²) in [4.78, 5) is 24.1.